The molecule has 1 amide bonds. The predicted molar refractivity (Wildman–Crippen MR) is 76.0 cm³/mol. The second kappa shape index (κ2) is 5.91. The first-order chi connectivity index (χ1) is 10.9. The molecular formula is C16H13F3N2O2. The summed E-state index contributed by atoms with van der Waals surface area (Å²) in [5.74, 6) is -0.0655. The van der Waals surface area contributed by atoms with Crippen LogP contribution in [0, 0.1) is 0 Å². The second-order valence-corrected chi connectivity index (χ2v) is 5.18. The van der Waals surface area contributed by atoms with Gasteiger partial charge in [-0.15, -0.1) is 0 Å². The highest BCUT2D eigenvalue weighted by molar-refractivity contribution is 5.96. The molecule has 0 saturated carbocycles. The Morgan fingerprint density at radius 1 is 1.17 bits per heavy atom. The molecule has 0 bridgehead atoms. The van der Waals surface area contributed by atoms with Gasteiger partial charge in [0, 0.05) is 6.20 Å². The van der Waals surface area contributed by atoms with Crippen molar-refractivity contribution in [2.45, 2.75) is 12.3 Å². The van der Waals surface area contributed by atoms with E-state index in [1.54, 1.807) is 24.5 Å². The molecule has 0 unspecified atom stereocenters. The lowest BCUT2D eigenvalue weighted by atomic mass is 10.0. The third-order valence-electron chi connectivity index (χ3n) is 3.54. The second-order valence-electron chi connectivity index (χ2n) is 5.18. The molecule has 1 aliphatic heterocycles. The average molecular weight is 322 g/mol. The highest BCUT2D eigenvalue weighted by Gasteiger charge is 2.39. The predicted octanol–water partition coefficient (Wildman–Crippen LogP) is 3.00. The maximum Gasteiger partial charge on any atom is 0.417 e. The van der Waals surface area contributed by atoms with Crippen molar-refractivity contribution >= 4 is 5.91 Å². The van der Waals surface area contributed by atoms with E-state index in [0.29, 0.717) is 5.75 Å². The van der Waals surface area contributed by atoms with Crippen LogP contribution in [0.5, 0.6) is 5.75 Å². The summed E-state index contributed by atoms with van der Waals surface area (Å²) in [6.45, 7) is 0.500. The van der Waals surface area contributed by atoms with Crippen molar-refractivity contribution in [3.63, 3.8) is 0 Å². The maximum absolute atomic E-state index is 13.0. The van der Waals surface area contributed by atoms with Gasteiger partial charge >= 0.3 is 6.18 Å². The molecule has 1 aromatic carbocycles. The molecule has 2 aromatic rings. The molecule has 1 aromatic heterocycles. The van der Waals surface area contributed by atoms with Crippen molar-refractivity contribution in [2.24, 2.45) is 0 Å². The Morgan fingerprint density at radius 3 is 2.57 bits per heavy atom. The van der Waals surface area contributed by atoms with Crippen LogP contribution >= 0.6 is 0 Å². The Hall–Kier alpha value is -2.57. The Labute approximate surface area is 130 Å². The van der Waals surface area contributed by atoms with Crippen LogP contribution in [0.15, 0.2) is 48.8 Å². The number of alkyl halides is 3. The first-order valence-corrected chi connectivity index (χ1v) is 6.97. The molecule has 7 heteroatoms. The fourth-order valence-electron chi connectivity index (χ4n) is 2.37. The van der Waals surface area contributed by atoms with Gasteiger partial charge in [-0.05, 0) is 24.3 Å². The first kappa shape index (κ1) is 15.3. The van der Waals surface area contributed by atoms with Gasteiger partial charge < -0.3 is 9.64 Å². The third kappa shape index (κ3) is 3.28. The number of ether oxygens (including phenoxy) is 1. The topological polar surface area (TPSA) is 42.4 Å². The van der Waals surface area contributed by atoms with E-state index in [1.807, 2.05) is 0 Å². The highest BCUT2D eigenvalue weighted by atomic mass is 19.4. The zero-order valence-electron chi connectivity index (χ0n) is 12.0. The summed E-state index contributed by atoms with van der Waals surface area (Å²) in [6.07, 6.45) is -1.63. The van der Waals surface area contributed by atoms with Gasteiger partial charge in [0.15, 0.2) is 0 Å². The fraction of sp³-hybridized carbons (Fsp3) is 0.250. The normalized spacial score (nSPS) is 15.2. The zero-order chi connectivity index (χ0) is 16.4. The molecule has 0 atom stereocenters. The van der Waals surface area contributed by atoms with E-state index in [9.17, 15) is 18.0 Å². The fourth-order valence-corrected chi connectivity index (χ4v) is 2.37. The largest absolute Gasteiger partial charge is 0.485 e. The van der Waals surface area contributed by atoms with E-state index in [0.717, 1.165) is 6.07 Å². The number of pyridine rings is 1. The molecule has 1 fully saturated rings. The van der Waals surface area contributed by atoms with Crippen LogP contribution < -0.4 is 4.74 Å². The highest BCUT2D eigenvalue weighted by Crippen LogP contribution is 2.33. The minimum atomic E-state index is -4.55. The van der Waals surface area contributed by atoms with Crippen molar-refractivity contribution in [3.05, 3.63) is 59.9 Å². The maximum atomic E-state index is 13.0. The van der Waals surface area contributed by atoms with Gasteiger partial charge in [-0.3, -0.25) is 9.78 Å². The van der Waals surface area contributed by atoms with Crippen molar-refractivity contribution in [1.29, 1.82) is 0 Å². The number of hydrogen-bond donors (Lipinski definition) is 0. The number of hydrogen-bond acceptors (Lipinski definition) is 3. The van der Waals surface area contributed by atoms with Gasteiger partial charge in [0.05, 0.1) is 30.4 Å². The van der Waals surface area contributed by atoms with Gasteiger partial charge in [-0.2, -0.15) is 13.2 Å². The van der Waals surface area contributed by atoms with Gasteiger partial charge in [0.2, 0.25) is 0 Å². The van der Waals surface area contributed by atoms with Crippen molar-refractivity contribution < 1.29 is 22.7 Å². The molecular weight excluding hydrogens is 309 g/mol. The average Bonchev–Trinajstić information content (AvgIpc) is 2.50. The lowest BCUT2D eigenvalue weighted by Crippen LogP contribution is -2.56. The summed E-state index contributed by atoms with van der Waals surface area (Å²) in [5, 5.41) is 0. The summed E-state index contributed by atoms with van der Waals surface area (Å²) >= 11 is 0. The van der Waals surface area contributed by atoms with Crippen LogP contribution in [-0.2, 0) is 6.18 Å². The van der Waals surface area contributed by atoms with E-state index in [4.69, 9.17) is 4.74 Å². The van der Waals surface area contributed by atoms with E-state index < -0.39 is 17.6 Å². The summed E-state index contributed by atoms with van der Waals surface area (Å²) in [7, 11) is 0. The lowest BCUT2D eigenvalue weighted by molar-refractivity contribution is -0.138. The molecule has 1 aliphatic rings. The van der Waals surface area contributed by atoms with E-state index in [2.05, 4.69) is 4.98 Å². The number of halogens is 3. The molecule has 120 valence electrons. The Bertz CT molecular complexity index is 698. The van der Waals surface area contributed by atoms with Crippen LogP contribution in [-0.4, -0.2) is 35.0 Å². The van der Waals surface area contributed by atoms with Crippen LogP contribution in [0.2, 0.25) is 0 Å². The zero-order valence-corrected chi connectivity index (χ0v) is 12.0. The molecule has 0 aliphatic carbocycles. The van der Waals surface area contributed by atoms with Gasteiger partial charge in [0.25, 0.3) is 5.91 Å². The van der Waals surface area contributed by atoms with Crippen LogP contribution in [0.25, 0.3) is 0 Å². The number of aromatic nitrogens is 1. The summed E-state index contributed by atoms with van der Waals surface area (Å²) < 4.78 is 44.5. The number of carbonyl (C=O) groups excluding carboxylic acids is 1. The molecule has 0 radical (unpaired) electrons. The number of nitrogens with zero attached hydrogens (tertiary/aromatic N) is 2. The van der Waals surface area contributed by atoms with Gasteiger partial charge in [0.1, 0.15) is 11.9 Å². The monoisotopic (exact) mass is 322 g/mol. The number of amides is 1. The molecule has 0 spiro atoms. The van der Waals surface area contributed by atoms with E-state index in [-0.39, 0.29) is 24.8 Å². The molecule has 4 nitrogen and oxygen atoms in total. The molecule has 0 N–H and O–H groups in total. The van der Waals surface area contributed by atoms with Crippen LogP contribution in [0.3, 0.4) is 0 Å². The summed E-state index contributed by atoms with van der Waals surface area (Å²) in [6, 6.07) is 8.25. The molecule has 1 saturated heterocycles. The van der Waals surface area contributed by atoms with Crippen molar-refractivity contribution in [2.75, 3.05) is 13.1 Å². The summed E-state index contributed by atoms with van der Waals surface area (Å²) in [4.78, 5) is 17.5. The standard InChI is InChI=1S/C16H13F3N2O2/c17-16(18,19)14-6-2-1-5-13(14)15(22)21-9-12(10-21)23-11-4-3-7-20-8-11/h1-8,12H,9-10H2. The minimum absolute atomic E-state index is 0.235. The van der Waals surface area contributed by atoms with Crippen molar-refractivity contribution in [3.8, 4) is 5.75 Å². The van der Waals surface area contributed by atoms with Gasteiger partial charge in [-0.25, -0.2) is 0 Å². The molecule has 3 rings (SSSR count). The minimum Gasteiger partial charge on any atom is -0.485 e. The first-order valence-electron chi connectivity index (χ1n) is 6.97. The molecule has 2 heterocycles. The van der Waals surface area contributed by atoms with E-state index in [1.165, 1.54) is 23.1 Å². The quantitative estimate of drug-likeness (QED) is 0.872. The van der Waals surface area contributed by atoms with Crippen LogP contribution in [0.1, 0.15) is 15.9 Å². The Balaban J connectivity index is 1.66. The Kier molecular flexibility index (Phi) is 3.94. The van der Waals surface area contributed by atoms with E-state index >= 15 is 0 Å². The van der Waals surface area contributed by atoms with Crippen molar-refractivity contribution in [1.82, 2.24) is 9.88 Å². The SMILES string of the molecule is O=C(c1ccccc1C(F)(F)F)N1CC(Oc2cccnc2)C1. The van der Waals surface area contributed by atoms with Crippen LogP contribution in [0.4, 0.5) is 13.2 Å². The molecule has 23 heavy (non-hydrogen) atoms. The smallest absolute Gasteiger partial charge is 0.417 e. The van der Waals surface area contributed by atoms with Gasteiger partial charge in [-0.1, -0.05) is 12.1 Å². The Morgan fingerprint density at radius 2 is 1.91 bits per heavy atom. The number of likely N-dealkylation sites (tertiary alicyclic amines) is 1. The number of benzene rings is 1. The number of carbonyl (C=O) groups is 1. The third-order valence-corrected chi connectivity index (χ3v) is 3.54. The number of rotatable bonds is 3. The summed E-state index contributed by atoms with van der Waals surface area (Å²) in [5.41, 5.74) is -1.25. The lowest BCUT2D eigenvalue weighted by Gasteiger charge is -2.39.